The normalized spacial score (nSPS) is 24.2. The van der Waals surface area contributed by atoms with Crippen LogP contribution in [0.3, 0.4) is 0 Å². The molecule has 5 rings (SSSR count). The molecule has 1 aliphatic carbocycles. The number of hydrogen-bond donors (Lipinski definition) is 2. The highest BCUT2D eigenvalue weighted by atomic mass is 19.4. The van der Waals surface area contributed by atoms with Crippen molar-refractivity contribution in [3.8, 4) is 0 Å². The number of aliphatic hydroxyl groups excluding tert-OH is 1. The number of allylic oxidation sites excluding steroid dienone is 2. The van der Waals surface area contributed by atoms with Gasteiger partial charge in [0.05, 0.1) is 34.8 Å². The van der Waals surface area contributed by atoms with E-state index in [4.69, 9.17) is 9.07 Å². The van der Waals surface area contributed by atoms with Gasteiger partial charge in [-0.3, -0.25) is 9.59 Å². The summed E-state index contributed by atoms with van der Waals surface area (Å²) in [4.78, 5) is 28.0. The van der Waals surface area contributed by atoms with Crippen LogP contribution in [-0.2, 0) is 33.2 Å². The third-order valence-electron chi connectivity index (χ3n) is 9.05. The summed E-state index contributed by atoms with van der Waals surface area (Å²) < 4.78 is 93.2. The van der Waals surface area contributed by atoms with Gasteiger partial charge in [0, 0.05) is 0 Å². The Bertz CT molecular complexity index is 1510. The van der Waals surface area contributed by atoms with Crippen LogP contribution in [0.25, 0.3) is 6.08 Å². The third-order valence-corrected chi connectivity index (χ3v) is 9.05. The van der Waals surface area contributed by atoms with Gasteiger partial charge >= 0.3 is 19.5 Å². The molecule has 0 spiro atoms. The fourth-order valence-corrected chi connectivity index (χ4v) is 7.09. The molecular weight excluding hydrogens is 619 g/mol. The van der Waals surface area contributed by atoms with E-state index in [9.17, 15) is 46.1 Å². The van der Waals surface area contributed by atoms with Gasteiger partial charge in [0.25, 0.3) is 0 Å². The van der Waals surface area contributed by atoms with Crippen molar-refractivity contribution in [3.63, 3.8) is 0 Å². The molecule has 0 saturated carbocycles. The number of furan rings is 1. The zero-order chi connectivity index (χ0) is 33.6. The highest BCUT2D eigenvalue weighted by Gasteiger charge is 2.57. The van der Waals surface area contributed by atoms with Crippen LogP contribution in [-0.4, -0.2) is 35.2 Å². The number of imide groups is 1. The predicted molar refractivity (Wildman–Crippen MR) is 156 cm³/mol. The van der Waals surface area contributed by atoms with Gasteiger partial charge in [-0.15, -0.1) is 0 Å². The second-order valence-electron chi connectivity index (χ2n) is 12.0. The van der Waals surface area contributed by atoms with Gasteiger partial charge in [0.1, 0.15) is 18.1 Å². The van der Waals surface area contributed by atoms with Crippen LogP contribution in [0.5, 0.6) is 0 Å². The summed E-state index contributed by atoms with van der Waals surface area (Å²) in [5.41, 5.74) is -1.43. The summed E-state index contributed by atoms with van der Waals surface area (Å²) in [6.45, 7) is 3.64. The zero-order valence-electron chi connectivity index (χ0n) is 25.3. The fraction of sp³-hybridized carbons (Fsp3) is 0.500. The minimum absolute atomic E-state index is 0.0471. The third kappa shape index (κ3) is 6.70. The van der Waals surface area contributed by atoms with E-state index in [2.05, 4.69) is 0 Å². The first-order chi connectivity index (χ1) is 21.7. The molecule has 0 bridgehead atoms. The largest absolute Gasteiger partial charge is 0.459 e. The maximum atomic E-state index is 13.9. The molecule has 2 amide bonds. The Balaban J connectivity index is 1.46. The number of alkyl halides is 6. The second-order valence-corrected chi connectivity index (χ2v) is 12.0. The topological polar surface area (TPSA) is 100 Å². The highest BCUT2D eigenvalue weighted by Crippen LogP contribution is 2.52. The Morgan fingerprint density at radius 3 is 2.24 bits per heavy atom. The Hall–Kier alpha value is -3.36. The lowest BCUT2D eigenvalue weighted by Crippen LogP contribution is -2.46. The summed E-state index contributed by atoms with van der Waals surface area (Å²) in [5.74, 6) is -3.52. The average molecular weight is 653 g/mol. The first-order valence-corrected chi connectivity index (χ1v) is 15.3. The van der Waals surface area contributed by atoms with Crippen molar-refractivity contribution in [1.82, 2.24) is 0 Å². The number of anilines is 1. The molecule has 2 aromatic rings. The number of carbonyl (C=O) groups excluding carboxylic acids is 2. The number of halogens is 6. The first-order valence-electron chi connectivity index (χ1n) is 15.3. The second kappa shape index (κ2) is 13.0. The first kappa shape index (κ1) is 34.0. The van der Waals surface area contributed by atoms with Crippen LogP contribution >= 0.6 is 0 Å². The van der Waals surface area contributed by atoms with Crippen molar-refractivity contribution in [2.24, 2.45) is 17.8 Å². The predicted octanol–water partition coefficient (Wildman–Crippen LogP) is 7.18. The molecule has 2 N–H and O–H groups in total. The summed E-state index contributed by atoms with van der Waals surface area (Å²) in [6, 6.07) is 4.15. The van der Waals surface area contributed by atoms with Crippen molar-refractivity contribution in [2.45, 2.75) is 83.8 Å². The number of aliphatic hydroxyl groups is 1. The number of rotatable bonds is 9. The lowest BCUT2D eigenvalue weighted by molar-refractivity contribution is -0.143. The fourth-order valence-electron chi connectivity index (χ4n) is 7.09. The van der Waals surface area contributed by atoms with E-state index < -0.39 is 72.0 Å². The highest BCUT2D eigenvalue weighted by molar-refractivity contribution is 6.43. The number of nitrogens with zero attached hydrogens (tertiary/aromatic N) is 1. The molecule has 4 atom stereocenters. The van der Waals surface area contributed by atoms with Crippen LogP contribution in [0.15, 0.2) is 51.5 Å². The molecule has 1 aromatic carbocycles. The number of fused-ring (bicyclic) bond motifs is 3. The molecule has 2 fully saturated rings. The van der Waals surface area contributed by atoms with E-state index in [-0.39, 0.29) is 25.4 Å². The molecule has 0 unspecified atom stereocenters. The van der Waals surface area contributed by atoms with Crippen LogP contribution in [0.1, 0.15) is 75.0 Å². The van der Waals surface area contributed by atoms with Crippen molar-refractivity contribution < 1.29 is 55.1 Å². The summed E-state index contributed by atoms with van der Waals surface area (Å²) >= 11 is 0. The van der Waals surface area contributed by atoms with Crippen molar-refractivity contribution in [1.29, 1.82) is 0 Å². The maximum Gasteiger partial charge on any atom is 0.455 e. The molecule has 3 aliphatic rings. The monoisotopic (exact) mass is 653 g/mol. The van der Waals surface area contributed by atoms with Crippen LogP contribution in [0.2, 0.25) is 6.32 Å². The van der Waals surface area contributed by atoms with E-state index >= 15 is 0 Å². The molecule has 2 saturated heterocycles. The van der Waals surface area contributed by atoms with E-state index in [1.54, 1.807) is 12.1 Å². The van der Waals surface area contributed by atoms with E-state index in [0.29, 0.717) is 47.8 Å². The summed E-state index contributed by atoms with van der Waals surface area (Å²) in [7, 11) is -1.30. The quantitative estimate of drug-likeness (QED) is 0.129. The number of hydrogen-bond acceptors (Lipinski definition) is 6. The van der Waals surface area contributed by atoms with Crippen molar-refractivity contribution >= 4 is 30.7 Å². The SMILES string of the molecule is CCC/C(=C\c1ccc(CO)o1)CC[C@H]1OB(O)C[C@H]2C1=C(CC)C[C@H]1C(=O)N(c3cc(C(F)(F)F)cc(C(F)(F)F)c3)C(=O)[C@H]12. The number of carbonyl (C=O) groups is 2. The molecule has 248 valence electrons. The Morgan fingerprint density at radius 1 is 1.00 bits per heavy atom. The van der Waals surface area contributed by atoms with Crippen LogP contribution in [0, 0.1) is 17.8 Å². The molecule has 1 aromatic heterocycles. The Kier molecular flexibility index (Phi) is 9.63. The van der Waals surface area contributed by atoms with Crippen LogP contribution < -0.4 is 4.90 Å². The molecule has 0 radical (unpaired) electrons. The Morgan fingerprint density at radius 2 is 1.67 bits per heavy atom. The van der Waals surface area contributed by atoms with E-state index in [1.165, 1.54) is 0 Å². The van der Waals surface area contributed by atoms with Crippen molar-refractivity contribution in [2.75, 3.05) is 4.90 Å². The lowest BCUT2D eigenvalue weighted by Gasteiger charge is -2.43. The summed E-state index contributed by atoms with van der Waals surface area (Å²) in [5, 5.41) is 20.1. The minimum atomic E-state index is -5.15. The van der Waals surface area contributed by atoms with Gasteiger partial charge in [0.2, 0.25) is 11.8 Å². The molecule has 2 aliphatic heterocycles. The standard InChI is InChI=1S/C32H34BF6NO6/c1-3-5-17(10-22-7-8-23(16-41)45-22)6-9-26-27-18(4-2)11-24-28(25(27)15-33(44)46-26)30(43)40(29(24)42)21-13-19(31(34,35)36)12-20(14-21)32(37,38)39/h7-8,10,12-14,24-26,28,41,44H,3-6,9,11,15-16H2,1-2H3/b17-10+/t24-,25+,26-,28-/m1/s1. The lowest BCUT2D eigenvalue weighted by atomic mass is 9.58. The molecule has 3 heterocycles. The Labute approximate surface area is 262 Å². The van der Waals surface area contributed by atoms with E-state index in [0.717, 1.165) is 29.6 Å². The smallest absolute Gasteiger partial charge is 0.455 e. The van der Waals surface area contributed by atoms with Crippen molar-refractivity contribution in [3.05, 3.63) is 69.7 Å². The molecular formula is C32H34BF6NO6. The van der Waals surface area contributed by atoms with Crippen LogP contribution in [0.4, 0.5) is 32.0 Å². The van der Waals surface area contributed by atoms with Gasteiger partial charge in [0.15, 0.2) is 0 Å². The van der Waals surface area contributed by atoms with Gasteiger partial charge in [-0.2, -0.15) is 26.3 Å². The van der Waals surface area contributed by atoms with Gasteiger partial charge in [-0.25, -0.2) is 4.90 Å². The molecule has 14 heteroatoms. The summed E-state index contributed by atoms with van der Waals surface area (Å²) in [6.07, 6.45) is -6.01. The molecule has 7 nitrogen and oxygen atoms in total. The average Bonchev–Trinajstić information content (AvgIpc) is 3.55. The number of amides is 2. The zero-order valence-corrected chi connectivity index (χ0v) is 25.3. The van der Waals surface area contributed by atoms with Gasteiger partial charge < -0.3 is 19.2 Å². The number of benzene rings is 1. The molecule has 46 heavy (non-hydrogen) atoms. The van der Waals surface area contributed by atoms with Gasteiger partial charge in [-0.05, 0) is 86.3 Å². The maximum absolute atomic E-state index is 13.9. The minimum Gasteiger partial charge on any atom is -0.459 e. The van der Waals surface area contributed by atoms with Gasteiger partial charge in [-0.1, -0.05) is 31.4 Å². The van der Waals surface area contributed by atoms with E-state index in [1.807, 2.05) is 19.9 Å².